The van der Waals surface area contributed by atoms with E-state index in [1.807, 2.05) is 0 Å². The Morgan fingerprint density at radius 1 is 1.29 bits per heavy atom. The lowest BCUT2D eigenvalue weighted by molar-refractivity contribution is -0.123. The molecule has 2 fully saturated rings. The highest BCUT2D eigenvalue weighted by molar-refractivity contribution is 5.94. The molecule has 0 spiro atoms. The molecule has 130 valence electrons. The number of benzene rings is 1. The van der Waals surface area contributed by atoms with Crippen LogP contribution in [0.25, 0.3) is 0 Å². The van der Waals surface area contributed by atoms with Crippen molar-refractivity contribution in [2.75, 3.05) is 31.6 Å². The smallest absolute Gasteiger partial charge is 0.257 e. The molecule has 1 aliphatic heterocycles. The highest BCUT2D eigenvalue weighted by atomic mass is 16.5. The van der Waals surface area contributed by atoms with Crippen molar-refractivity contribution in [3.05, 3.63) is 24.3 Å². The molecular weight excluding hydrogens is 310 g/mol. The van der Waals surface area contributed by atoms with Crippen LogP contribution in [-0.4, -0.2) is 49.3 Å². The second-order valence-electron chi connectivity index (χ2n) is 6.37. The number of β-amino-alcohol motifs (C(OH)–C–C–N with tert-alkyl or cyclic N) is 1. The predicted molar refractivity (Wildman–Crippen MR) is 88.7 cm³/mol. The van der Waals surface area contributed by atoms with Crippen LogP contribution in [0.1, 0.15) is 12.8 Å². The highest BCUT2D eigenvalue weighted by Crippen LogP contribution is 2.30. The lowest BCUT2D eigenvalue weighted by Crippen LogP contribution is -2.36. The minimum atomic E-state index is -0.419. The van der Waals surface area contributed by atoms with Crippen molar-refractivity contribution in [1.29, 1.82) is 0 Å². The zero-order chi connectivity index (χ0) is 16.9. The molecule has 2 amide bonds. The normalized spacial score (nSPS) is 22.9. The van der Waals surface area contributed by atoms with Gasteiger partial charge in [0.1, 0.15) is 5.75 Å². The summed E-state index contributed by atoms with van der Waals surface area (Å²) in [5.41, 5.74) is 0.671. The van der Waals surface area contributed by atoms with E-state index < -0.39 is 6.10 Å². The fourth-order valence-electron chi connectivity index (χ4n) is 2.63. The largest absolute Gasteiger partial charge is 0.484 e. The van der Waals surface area contributed by atoms with Crippen LogP contribution in [0, 0.1) is 11.8 Å². The number of aliphatic hydroxyl groups excluding tert-OH is 1. The quantitative estimate of drug-likeness (QED) is 0.568. The molecular formula is C17H23N3O4. The Bertz CT molecular complexity index is 603. The summed E-state index contributed by atoms with van der Waals surface area (Å²) in [4.78, 5) is 23.6. The Labute approximate surface area is 140 Å². The first kappa shape index (κ1) is 16.7. The number of ether oxygens (including phenoxy) is 1. The van der Waals surface area contributed by atoms with Crippen molar-refractivity contribution < 1.29 is 19.4 Å². The van der Waals surface area contributed by atoms with Gasteiger partial charge in [0.25, 0.3) is 5.91 Å². The average molecular weight is 333 g/mol. The maximum atomic E-state index is 11.8. The Morgan fingerprint density at radius 3 is 2.83 bits per heavy atom. The highest BCUT2D eigenvalue weighted by Gasteiger charge is 2.29. The van der Waals surface area contributed by atoms with Crippen molar-refractivity contribution in [2.24, 2.45) is 11.8 Å². The van der Waals surface area contributed by atoms with Crippen molar-refractivity contribution in [1.82, 2.24) is 10.6 Å². The van der Waals surface area contributed by atoms with Crippen molar-refractivity contribution in [3.8, 4) is 5.75 Å². The monoisotopic (exact) mass is 333 g/mol. The van der Waals surface area contributed by atoms with Crippen LogP contribution in [0.5, 0.6) is 5.75 Å². The average Bonchev–Trinajstić information content (AvgIpc) is 3.34. The summed E-state index contributed by atoms with van der Waals surface area (Å²) >= 11 is 0. The molecule has 1 aliphatic carbocycles. The Kier molecular flexibility index (Phi) is 5.32. The predicted octanol–water partition coefficient (Wildman–Crippen LogP) is 0.110. The summed E-state index contributed by atoms with van der Waals surface area (Å²) in [5, 5.41) is 18.4. The third-order valence-electron chi connectivity index (χ3n) is 4.29. The molecule has 24 heavy (non-hydrogen) atoms. The summed E-state index contributed by atoms with van der Waals surface area (Å²) in [6, 6.07) is 7.01. The van der Waals surface area contributed by atoms with Gasteiger partial charge in [-0.2, -0.15) is 0 Å². The Hall–Kier alpha value is -2.12. The molecule has 7 nitrogen and oxygen atoms in total. The van der Waals surface area contributed by atoms with Gasteiger partial charge < -0.3 is 25.8 Å². The number of carbonyl (C=O) groups is 2. The van der Waals surface area contributed by atoms with Gasteiger partial charge in [0, 0.05) is 43.2 Å². The van der Waals surface area contributed by atoms with E-state index in [4.69, 9.17) is 4.74 Å². The number of rotatable bonds is 7. The minimum absolute atomic E-state index is 0.0358. The minimum Gasteiger partial charge on any atom is -0.484 e. The van der Waals surface area contributed by atoms with E-state index in [1.54, 1.807) is 24.3 Å². The van der Waals surface area contributed by atoms with E-state index in [9.17, 15) is 14.7 Å². The summed E-state index contributed by atoms with van der Waals surface area (Å²) in [5.74, 6) is 0.507. The number of anilines is 1. The lowest BCUT2D eigenvalue weighted by atomic mass is 10.1. The van der Waals surface area contributed by atoms with E-state index in [2.05, 4.69) is 16.0 Å². The fraction of sp³-hybridized carbons (Fsp3) is 0.529. The molecule has 0 radical (unpaired) electrons. The van der Waals surface area contributed by atoms with Crippen LogP contribution < -0.4 is 20.7 Å². The third kappa shape index (κ3) is 4.69. The van der Waals surface area contributed by atoms with Crippen LogP contribution in [-0.2, 0) is 9.59 Å². The van der Waals surface area contributed by atoms with Gasteiger partial charge in [0.2, 0.25) is 5.91 Å². The maximum absolute atomic E-state index is 11.8. The van der Waals surface area contributed by atoms with Crippen LogP contribution in [0.4, 0.5) is 5.69 Å². The first-order chi connectivity index (χ1) is 11.6. The first-order valence-corrected chi connectivity index (χ1v) is 8.31. The Balaban J connectivity index is 1.42. The van der Waals surface area contributed by atoms with Crippen LogP contribution >= 0.6 is 0 Å². The summed E-state index contributed by atoms with van der Waals surface area (Å²) in [6.07, 6.45) is 1.49. The van der Waals surface area contributed by atoms with Gasteiger partial charge in [0.05, 0.1) is 6.10 Å². The van der Waals surface area contributed by atoms with Crippen molar-refractivity contribution in [2.45, 2.75) is 18.9 Å². The van der Waals surface area contributed by atoms with E-state index in [0.29, 0.717) is 31.1 Å². The molecule has 1 heterocycles. The van der Waals surface area contributed by atoms with Crippen LogP contribution in [0.2, 0.25) is 0 Å². The van der Waals surface area contributed by atoms with E-state index in [1.165, 1.54) is 0 Å². The van der Waals surface area contributed by atoms with Crippen molar-refractivity contribution >= 4 is 17.5 Å². The summed E-state index contributed by atoms with van der Waals surface area (Å²) in [6.45, 7) is 1.59. The number of aliphatic hydroxyl groups is 1. The lowest BCUT2D eigenvalue weighted by Gasteiger charge is -2.14. The molecule has 4 N–H and O–H groups in total. The molecule has 7 heteroatoms. The second-order valence-corrected chi connectivity index (χ2v) is 6.37. The number of amides is 2. The summed E-state index contributed by atoms with van der Waals surface area (Å²) < 4.78 is 5.47. The van der Waals surface area contributed by atoms with Gasteiger partial charge in [-0.1, -0.05) is 6.07 Å². The number of nitrogens with one attached hydrogen (secondary N) is 3. The zero-order valence-corrected chi connectivity index (χ0v) is 13.5. The Morgan fingerprint density at radius 2 is 2.12 bits per heavy atom. The molecule has 2 aliphatic rings. The second kappa shape index (κ2) is 7.63. The van der Waals surface area contributed by atoms with Gasteiger partial charge in [-0.25, -0.2) is 0 Å². The van der Waals surface area contributed by atoms with Gasteiger partial charge >= 0.3 is 0 Å². The molecule has 3 rings (SSSR count). The molecule has 2 atom stereocenters. The standard InChI is InChI=1S/C17H23N3O4/c21-15-9-18-7-12(15)8-19-16(22)10-24-14-3-1-2-13(6-14)20-17(23)11-4-5-11/h1-3,6,11-12,15,18,21H,4-5,7-10H2,(H,19,22)(H,20,23). The van der Waals surface area contributed by atoms with E-state index in [-0.39, 0.29) is 30.3 Å². The first-order valence-electron chi connectivity index (χ1n) is 8.31. The molecule has 0 aromatic heterocycles. The van der Waals surface area contributed by atoms with Crippen molar-refractivity contribution in [3.63, 3.8) is 0 Å². The van der Waals surface area contributed by atoms with Crippen LogP contribution in [0.3, 0.4) is 0 Å². The number of hydrogen-bond donors (Lipinski definition) is 4. The van der Waals surface area contributed by atoms with Gasteiger partial charge in [-0.15, -0.1) is 0 Å². The van der Waals surface area contributed by atoms with Gasteiger partial charge in [-0.05, 0) is 25.0 Å². The molecule has 0 bridgehead atoms. The molecule has 2 unspecified atom stereocenters. The molecule has 1 aromatic rings. The van der Waals surface area contributed by atoms with Crippen LogP contribution in [0.15, 0.2) is 24.3 Å². The number of hydrogen-bond acceptors (Lipinski definition) is 5. The topological polar surface area (TPSA) is 99.7 Å². The van der Waals surface area contributed by atoms with Gasteiger partial charge in [-0.3, -0.25) is 9.59 Å². The van der Waals surface area contributed by atoms with E-state index >= 15 is 0 Å². The maximum Gasteiger partial charge on any atom is 0.257 e. The van der Waals surface area contributed by atoms with E-state index in [0.717, 1.165) is 12.8 Å². The molecule has 1 saturated heterocycles. The summed E-state index contributed by atoms with van der Waals surface area (Å²) in [7, 11) is 0. The molecule has 1 saturated carbocycles. The SMILES string of the molecule is O=C(COc1cccc(NC(=O)C2CC2)c1)NCC1CNCC1O. The third-order valence-corrected chi connectivity index (χ3v) is 4.29. The van der Waals surface area contributed by atoms with Gasteiger partial charge in [0.15, 0.2) is 6.61 Å². The zero-order valence-electron chi connectivity index (χ0n) is 13.5. The number of carbonyl (C=O) groups excluding carboxylic acids is 2. The molecule has 1 aromatic carbocycles. The fourth-order valence-corrected chi connectivity index (χ4v) is 2.63.